The molecule has 2 fully saturated rings. The van der Waals surface area contributed by atoms with Crippen molar-refractivity contribution < 1.29 is 13.6 Å². The number of allylic oxidation sites excluding steroid dienone is 3. The Morgan fingerprint density at radius 1 is 1.35 bits per heavy atom. The molecule has 4 unspecified atom stereocenters. The molecule has 4 atom stereocenters. The van der Waals surface area contributed by atoms with Gasteiger partial charge in [-0.05, 0) is 36.8 Å². The van der Waals surface area contributed by atoms with Crippen molar-refractivity contribution in [2.24, 2.45) is 5.92 Å². The van der Waals surface area contributed by atoms with E-state index in [-0.39, 0.29) is 18.0 Å². The van der Waals surface area contributed by atoms with Crippen molar-refractivity contribution in [2.45, 2.75) is 63.8 Å². The molecule has 3 rings (SSSR count). The third kappa shape index (κ3) is 2.73. The molecule has 3 nitrogen and oxygen atoms in total. The highest BCUT2D eigenvalue weighted by molar-refractivity contribution is 5.77. The molecular weight excluding hydrogens is 298 g/mol. The number of piperidine rings is 1. The molecule has 0 bridgehead atoms. The first-order chi connectivity index (χ1) is 11.0. The number of hydrogen-bond acceptors (Lipinski definition) is 2. The van der Waals surface area contributed by atoms with Crippen molar-refractivity contribution >= 4 is 5.91 Å². The summed E-state index contributed by atoms with van der Waals surface area (Å²) in [5.41, 5.74) is 0.344. The number of fused-ring (bicyclic) bond motifs is 1. The molecular formula is C18H26F2N2O. The minimum atomic E-state index is -1.65. The Bertz CT molecular complexity index is 533. The van der Waals surface area contributed by atoms with Crippen LogP contribution in [0.2, 0.25) is 0 Å². The molecule has 0 aromatic heterocycles. The third-order valence-electron chi connectivity index (χ3n) is 5.90. The summed E-state index contributed by atoms with van der Waals surface area (Å²) in [5, 5.41) is 3.87. The van der Waals surface area contributed by atoms with Gasteiger partial charge in [-0.2, -0.15) is 0 Å². The summed E-state index contributed by atoms with van der Waals surface area (Å²) in [7, 11) is 0. The Balaban J connectivity index is 1.87. The van der Waals surface area contributed by atoms with E-state index in [1.165, 1.54) is 12.5 Å². The van der Waals surface area contributed by atoms with Gasteiger partial charge in [-0.15, -0.1) is 0 Å². The SMILES string of the molecule is CCC12CCCCN1N(CC1=CC=CC(F)C1F)C(=O)CC2C. The minimum Gasteiger partial charge on any atom is -0.273 e. The zero-order valence-electron chi connectivity index (χ0n) is 14.0. The lowest BCUT2D eigenvalue weighted by Gasteiger charge is -2.58. The van der Waals surface area contributed by atoms with Gasteiger partial charge >= 0.3 is 0 Å². The maximum atomic E-state index is 14.2. The molecule has 2 saturated heterocycles. The van der Waals surface area contributed by atoms with Gasteiger partial charge in [0, 0.05) is 18.5 Å². The van der Waals surface area contributed by atoms with Crippen molar-refractivity contribution in [3.05, 3.63) is 23.8 Å². The Hall–Kier alpha value is -1.23. The number of halogens is 2. The van der Waals surface area contributed by atoms with Crippen molar-refractivity contribution in [1.29, 1.82) is 0 Å². The number of amides is 1. The number of rotatable bonds is 3. The Labute approximate surface area is 137 Å². The van der Waals surface area contributed by atoms with Crippen molar-refractivity contribution in [3.8, 4) is 0 Å². The molecule has 3 aliphatic rings. The fourth-order valence-corrected chi connectivity index (χ4v) is 4.47. The number of alkyl halides is 2. The first-order valence-corrected chi connectivity index (χ1v) is 8.73. The second-order valence-corrected chi connectivity index (χ2v) is 7.07. The number of nitrogens with zero attached hydrogens (tertiary/aromatic N) is 2. The summed E-state index contributed by atoms with van der Waals surface area (Å²) < 4.78 is 27.7. The molecule has 0 aromatic rings. The van der Waals surface area contributed by atoms with Gasteiger partial charge in [0.25, 0.3) is 0 Å². The number of carbonyl (C=O) groups excluding carboxylic acids is 1. The standard InChI is InChI=1S/C18H26F2N2O/c1-3-18-9-4-5-10-22(18)21(16(23)11-13(18)2)12-14-7-6-8-15(19)17(14)20/h6-8,13,15,17H,3-5,9-12H2,1-2H3. The van der Waals surface area contributed by atoms with Crippen molar-refractivity contribution in [1.82, 2.24) is 10.0 Å². The summed E-state index contributed by atoms with van der Waals surface area (Å²) in [5.74, 6) is 0.327. The molecule has 0 radical (unpaired) electrons. The molecule has 2 aliphatic heterocycles. The minimum absolute atomic E-state index is 0.0157. The van der Waals surface area contributed by atoms with E-state index in [0.717, 1.165) is 25.8 Å². The van der Waals surface area contributed by atoms with Crippen LogP contribution in [0, 0.1) is 5.92 Å². The Morgan fingerprint density at radius 2 is 2.13 bits per heavy atom. The zero-order chi connectivity index (χ0) is 16.6. The largest absolute Gasteiger partial charge is 0.273 e. The van der Waals surface area contributed by atoms with Gasteiger partial charge in [0.05, 0.1) is 6.54 Å². The summed E-state index contributed by atoms with van der Waals surface area (Å²) in [6.45, 7) is 5.30. The van der Waals surface area contributed by atoms with Gasteiger partial charge in [-0.1, -0.05) is 32.4 Å². The van der Waals surface area contributed by atoms with Crippen molar-refractivity contribution in [2.75, 3.05) is 13.1 Å². The topological polar surface area (TPSA) is 23.6 Å². The highest BCUT2D eigenvalue weighted by Crippen LogP contribution is 2.44. The van der Waals surface area contributed by atoms with E-state index in [1.807, 2.05) is 0 Å². The van der Waals surface area contributed by atoms with Gasteiger partial charge in [0.1, 0.15) is 0 Å². The molecule has 0 spiro atoms. The molecule has 1 amide bonds. The lowest BCUT2D eigenvalue weighted by molar-refractivity contribution is -0.196. The van der Waals surface area contributed by atoms with Crippen LogP contribution in [-0.2, 0) is 4.79 Å². The van der Waals surface area contributed by atoms with Crippen LogP contribution in [0.15, 0.2) is 23.8 Å². The van der Waals surface area contributed by atoms with Crippen LogP contribution in [0.5, 0.6) is 0 Å². The van der Waals surface area contributed by atoms with Gasteiger partial charge in [0.15, 0.2) is 12.3 Å². The molecule has 2 heterocycles. The summed E-state index contributed by atoms with van der Waals surface area (Å²) >= 11 is 0. The first kappa shape index (κ1) is 16.6. The monoisotopic (exact) mass is 324 g/mol. The van der Waals surface area contributed by atoms with Crippen LogP contribution in [0.1, 0.15) is 46.0 Å². The predicted molar refractivity (Wildman–Crippen MR) is 86.1 cm³/mol. The Kier molecular flexibility index (Phi) is 4.59. The van der Waals surface area contributed by atoms with Crippen LogP contribution < -0.4 is 0 Å². The second-order valence-electron chi connectivity index (χ2n) is 7.07. The average Bonchev–Trinajstić information content (AvgIpc) is 2.55. The molecule has 5 heteroatoms. The van der Waals surface area contributed by atoms with E-state index >= 15 is 0 Å². The molecule has 23 heavy (non-hydrogen) atoms. The lowest BCUT2D eigenvalue weighted by atomic mass is 9.72. The van der Waals surface area contributed by atoms with Gasteiger partial charge in [-0.25, -0.2) is 13.8 Å². The summed E-state index contributed by atoms with van der Waals surface area (Å²) in [6, 6.07) is 0. The van der Waals surface area contributed by atoms with E-state index < -0.39 is 12.3 Å². The van der Waals surface area contributed by atoms with Crippen LogP contribution in [0.3, 0.4) is 0 Å². The molecule has 0 N–H and O–H groups in total. The van der Waals surface area contributed by atoms with Gasteiger partial charge in [0.2, 0.25) is 5.91 Å². The maximum absolute atomic E-state index is 14.2. The van der Waals surface area contributed by atoms with E-state index in [2.05, 4.69) is 18.9 Å². The second kappa shape index (κ2) is 6.34. The van der Waals surface area contributed by atoms with Gasteiger partial charge < -0.3 is 0 Å². The zero-order valence-corrected chi connectivity index (χ0v) is 14.0. The molecule has 1 aliphatic carbocycles. The normalized spacial score (nSPS) is 38.4. The number of carbonyl (C=O) groups is 1. The van der Waals surface area contributed by atoms with Crippen LogP contribution >= 0.6 is 0 Å². The van der Waals surface area contributed by atoms with E-state index in [1.54, 1.807) is 17.2 Å². The van der Waals surface area contributed by atoms with E-state index in [4.69, 9.17) is 0 Å². The number of hydrazine groups is 1. The predicted octanol–water partition coefficient (Wildman–Crippen LogP) is 3.58. The van der Waals surface area contributed by atoms with E-state index in [0.29, 0.717) is 17.9 Å². The highest BCUT2D eigenvalue weighted by Gasteiger charge is 2.50. The molecule has 128 valence electrons. The van der Waals surface area contributed by atoms with Crippen LogP contribution in [-0.4, -0.2) is 46.9 Å². The fourth-order valence-electron chi connectivity index (χ4n) is 4.47. The first-order valence-electron chi connectivity index (χ1n) is 8.73. The van der Waals surface area contributed by atoms with Crippen LogP contribution in [0.25, 0.3) is 0 Å². The number of hydrogen-bond donors (Lipinski definition) is 0. The van der Waals surface area contributed by atoms with Crippen molar-refractivity contribution in [3.63, 3.8) is 0 Å². The Morgan fingerprint density at radius 3 is 2.87 bits per heavy atom. The molecule has 0 aromatic carbocycles. The smallest absolute Gasteiger partial charge is 0.237 e. The lowest BCUT2D eigenvalue weighted by Crippen LogP contribution is -2.68. The fraction of sp³-hybridized carbons (Fsp3) is 0.722. The highest BCUT2D eigenvalue weighted by atomic mass is 19.2. The van der Waals surface area contributed by atoms with E-state index in [9.17, 15) is 13.6 Å². The quantitative estimate of drug-likeness (QED) is 0.792. The average molecular weight is 324 g/mol. The molecule has 0 saturated carbocycles. The summed E-state index contributed by atoms with van der Waals surface area (Å²) in [4.78, 5) is 12.6. The van der Waals surface area contributed by atoms with Crippen LogP contribution in [0.4, 0.5) is 8.78 Å². The maximum Gasteiger partial charge on any atom is 0.237 e. The van der Waals surface area contributed by atoms with Gasteiger partial charge in [-0.3, -0.25) is 9.80 Å². The third-order valence-corrected chi connectivity index (χ3v) is 5.90. The summed E-state index contributed by atoms with van der Waals surface area (Å²) in [6.07, 6.45) is 5.89.